The molecule has 2 rings (SSSR count). The first kappa shape index (κ1) is 13.8. The van der Waals surface area contributed by atoms with E-state index in [1.54, 1.807) is 0 Å². The topological polar surface area (TPSA) is 49.6 Å². The fourth-order valence-electron chi connectivity index (χ4n) is 3.05. The second kappa shape index (κ2) is 5.17. The molecule has 2 atom stereocenters. The molecule has 4 nitrogen and oxygen atoms in total. The van der Waals surface area contributed by atoms with Gasteiger partial charge in [-0.3, -0.25) is 4.79 Å². The van der Waals surface area contributed by atoms with Crippen LogP contribution < -0.4 is 5.73 Å². The molecule has 4 heteroatoms. The zero-order valence-electron chi connectivity index (χ0n) is 12.0. The third kappa shape index (κ3) is 2.86. The number of carbonyl (C=O) groups excluding carboxylic acids is 1. The molecule has 1 aliphatic heterocycles. The maximum atomic E-state index is 12.3. The van der Waals surface area contributed by atoms with Crippen LogP contribution in [0.25, 0.3) is 0 Å². The van der Waals surface area contributed by atoms with E-state index in [-0.39, 0.29) is 11.4 Å². The number of nitrogens with zero attached hydrogens (tertiary/aromatic N) is 2. The van der Waals surface area contributed by atoms with Crippen LogP contribution >= 0.6 is 0 Å². The van der Waals surface area contributed by atoms with E-state index >= 15 is 0 Å². The van der Waals surface area contributed by atoms with Gasteiger partial charge in [-0.2, -0.15) is 0 Å². The van der Waals surface area contributed by atoms with Gasteiger partial charge in [0.15, 0.2) is 0 Å². The molecule has 2 aliphatic rings. The molecule has 18 heavy (non-hydrogen) atoms. The highest BCUT2D eigenvalue weighted by atomic mass is 16.2. The van der Waals surface area contributed by atoms with E-state index in [4.69, 9.17) is 5.73 Å². The Balaban J connectivity index is 1.86. The van der Waals surface area contributed by atoms with Crippen LogP contribution in [0.1, 0.15) is 45.4 Å². The van der Waals surface area contributed by atoms with Crippen molar-refractivity contribution in [3.05, 3.63) is 0 Å². The van der Waals surface area contributed by atoms with Crippen molar-refractivity contribution in [1.82, 2.24) is 9.80 Å². The fourth-order valence-corrected chi connectivity index (χ4v) is 3.05. The number of piperidine rings is 1. The summed E-state index contributed by atoms with van der Waals surface area (Å²) in [5.74, 6) is 0.235. The summed E-state index contributed by atoms with van der Waals surface area (Å²) in [5, 5.41) is 0. The van der Waals surface area contributed by atoms with Crippen LogP contribution in [-0.4, -0.2) is 54.0 Å². The van der Waals surface area contributed by atoms with Gasteiger partial charge in [-0.15, -0.1) is 0 Å². The molecule has 2 N–H and O–H groups in total. The van der Waals surface area contributed by atoms with Crippen molar-refractivity contribution in [2.45, 2.75) is 63.1 Å². The Kier molecular flexibility index (Phi) is 3.97. The van der Waals surface area contributed by atoms with Crippen molar-refractivity contribution in [3.8, 4) is 0 Å². The molecule has 104 valence electrons. The summed E-state index contributed by atoms with van der Waals surface area (Å²) in [4.78, 5) is 16.6. The highest BCUT2D eigenvalue weighted by Gasteiger charge is 2.37. The second-order valence-electron chi connectivity index (χ2n) is 6.41. The predicted molar refractivity (Wildman–Crippen MR) is 73.3 cm³/mol. The standard InChI is InChI=1S/C14H27N3O/c1-11-9-12(5-8-16(11)2)17(3)13(18)10-14(15)6-4-7-14/h11-12H,4-10,15H2,1-3H3. The highest BCUT2D eigenvalue weighted by molar-refractivity contribution is 5.77. The molecule has 1 heterocycles. The molecule has 0 aromatic carbocycles. The van der Waals surface area contributed by atoms with Crippen LogP contribution in [0, 0.1) is 0 Å². The lowest BCUT2D eigenvalue weighted by atomic mass is 9.75. The average molecular weight is 253 g/mol. The quantitative estimate of drug-likeness (QED) is 0.822. The molecule has 0 spiro atoms. The molecule has 1 aliphatic carbocycles. The minimum atomic E-state index is -0.192. The van der Waals surface area contributed by atoms with Gasteiger partial charge in [-0.25, -0.2) is 0 Å². The van der Waals surface area contributed by atoms with E-state index in [1.165, 1.54) is 6.42 Å². The monoisotopic (exact) mass is 253 g/mol. The number of amides is 1. The summed E-state index contributed by atoms with van der Waals surface area (Å²) < 4.78 is 0. The Morgan fingerprint density at radius 2 is 2.17 bits per heavy atom. The largest absolute Gasteiger partial charge is 0.343 e. The molecule has 0 bridgehead atoms. The lowest BCUT2D eigenvalue weighted by Crippen LogP contribution is -2.53. The van der Waals surface area contributed by atoms with Gasteiger partial charge in [0.2, 0.25) is 5.91 Å². The molecule has 1 saturated heterocycles. The Hall–Kier alpha value is -0.610. The molecular formula is C14H27N3O. The maximum absolute atomic E-state index is 12.3. The minimum absolute atomic E-state index is 0.192. The van der Waals surface area contributed by atoms with Crippen LogP contribution in [-0.2, 0) is 4.79 Å². The summed E-state index contributed by atoms with van der Waals surface area (Å²) in [6.45, 7) is 3.32. The minimum Gasteiger partial charge on any atom is -0.343 e. The van der Waals surface area contributed by atoms with Gasteiger partial charge in [0.1, 0.15) is 0 Å². The number of likely N-dealkylation sites (tertiary alicyclic amines) is 1. The van der Waals surface area contributed by atoms with E-state index in [2.05, 4.69) is 18.9 Å². The third-order valence-corrected chi connectivity index (χ3v) is 4.97. The smallest absolute Gasteiger partial charge is 0.224 e. The Morgan fingerprint density at radius 3 is 2.67 bits per heavy atom. The number of nitrogens with two attached hydrogens (primary N) is 1. The summed E-state index contributed by atoms with van der Waals surface area (Å²) in [6.07, 6.45) is 5.90. The summed E-state index contributed by atoms with van der Waals surface area (Å²) in [5.41, 5.74) is 5.97. The molecule has 2 fully saturated rings. The van der Waals surface area contributed by atoms with Crippen molar-refractivity contribution >= 4 is 5.91 Å². The lowest BCUT2D eigenvalue weighted by molar-refractivity contribution is -0.135. The molecular weight excluding hydrogens is 226 g/mol. The first-order valence-electron chi connectivity index (χ1n) is 7.16. The normalized spacial score (nSPS) is 31.8. The molecule has 0 aromatic heterocycles. The van der Waals surface area contributed by atoms with Crippen LogP contribution in [0.3, 0.4) is 0 Å². The van der Waals surface area contributed by atoms with Crippen molar-refractivity contribution in [2.75, 3.05) is 20.6 Å². The van der Waals surface area contributed by atoms with E-state index < -0.39 is 0 Å². The molecule has 1 amide bonds. The van der Waals surface area contributed by atoms with Gasteiger partial charge in [0.05, 0.1) is 0 Å². The first-order chi connectivity index (χ1) is 8.41. The Morgan fingerprint density at radius 1 is 1.50 bits per heavy atom. The van der Waals surface area contributed by atoms with Gasteiger partial charge in [0, 0.05) is 37.6 Å². The number of hydrogen-bond acceptors (Lipinski definition) is 3. The fraction of sp³-hybridized carbons (Fsp3) is 0.929. The summed E-state index contributed by atoms with van der Waals surface area (Å²) in [7, 11) is 4.11. The molecule has 0 aromatic rings. The average Bonchev–Trinajstić information content (AvgIpc) is 2.29. The van der Waals surface area contributed by atoms with Gasteiger partial charge < -0.3 is 15.5 Å². The van der Waals surface area contributed by atoms with Crippen LogP contribution in [0.4, 0.5) is 0 Å². The van der Waals surface area contributed by atoms with Crippen LogP contribution in [0.5, 0.6) is 0 Å². The third-order valence-electron chi connectivity index (χ3n) is 4.97. The number of rotatable bonds is 3. The Bertz CT molecular complexity index is 314. The number of hydrogen-bond donors (Lipinski definition) is 1. The second-order valence-corrected chi connectivity index (χ2v) is 6.41. The SMILES string of the molecule is CC1CC(N(C)C(=O)CC2(N)CCC2)CCN1C. The van der Waals surface area contributed by atoms with E-state index in [9.17, 15) is 4.79 Å². The first-order valence-corrected chi connectivity index (χ1v) is 7.16. The molecule has 2 unspecified atom stereocenters. The Labute approximate surface area is 110 Å². The number of carbonyl (C=O) groups is 1. The van der Waals surface area contributed by atoms with Crippen molar-refractivity contribution in [2.24, 2.45) is 5.73 Å². The van der Waals surface area contributed by atoms with Gasteiger partial charge >= 0.3 is 0 Å². The van der Waals surface area contributed by atoms with Crippen molar-refractivity contribution in [3.63, 3.8) is 0 Å². The maximum Gasteiger partial charge on any atom is 0.224 e. The molecule has 0 radical (unpaired) electrons. The van der Waals surface area contributed by atoms with Gasteiger partial charge in [-0.1, -0.05) is 0 Å². The highest BCUT2D eigenvalue weighted by Crippen LogP contribution is 2.33. The lowest BCUT2D eigenvalue weighted by Gasteiger charge is -2.42. The predicted octanol–water partition coefficient (Wildman–Crippen LogP) is 1.20. The van der Waals surface area contributed by atoms with Crippen LogP contribution in [0.15, 0.2) is 0 Å². The van der Waals surface area contributed by atoms with Gasteiger partial charge in [0.25, 0.3) is 0 Å². The zero-order chi connectivity index (χ0) is 13.3. The van der Waals surface area contributed by atoms with Crippen molar-refractivity contribution < 1.29 is 4.79 Å². The van der Waals surface area contributed by atoms with Gasteiger partial charge in [-0.05, 0) is 46.1 Å². The zero-order valence-corrected chi connectivity index (χ0v) is 12.0. The van der Waals surface area contributed by atoms with Crippen molar-refractivity contribution in [1.29, 1.82) is 0 Å². The van der Waals surface area contributed by atoms with E-state index in [0.717, 1.165) is 32.2 Å². The summed E-state index contributed by atoms with van der Waals surface area (Å²) in [6, 6.07) is 0.960. The molecule has 1 saturated carbocycles. The van der Waals surface area contributed by atoms with E-state index in [1.807, 2.05) is 11.9 Å². The van der Waals surface area contributed by atoms with Crippen LogP contribution in [0.2, 0.25) is 0 Å². The van der Waals surface area contributed by atoms with E-state index in [0.29, 0.717) is 18.5 Å². The summed E-state index contributed by atoms with van der Waals surface area (Å²) >= 11 is 0.